The van der Waals surface area contributed by atoms with Gasteiger partial charge in [-0.05, 0) is 41.3 Å². The van der Waals surface area contributed by atoms with Crippen LogP contribution in [-0.4, -0.2) is 42.1 Å². The minimum absolute atomic E-state index is 0.0304. The summed E-state index contributed by atoms with van der Waals surface area (Å²) < 4.78 is 10.7. The van der Waals surface area contributed by atoms with Gasteiger partial charge in [0.15, 0.2) is 13.2 Å². The first-order chi connectivity index (χ1) is 12.8. The van der Waals surface area contributed by atoms with Gasteiger partial charge in [0.05, 0.1) is 0 Å². The molecule has 0 radical (unpaired) electrons. The number of ether oxygens (including phenoxy) is 2. The van der Waals surface area contributed by atoms with Crippen molar-refractivity contribution < 1.29 is 24.2 Å². The molecule has 0 heterocycles. The summed E-state index contributed by atoms with van der Waals surface area (Å²) in [6.07, 6.45) is 0. The number of hydrogen-bond donors (Lipinski definition) is 1. The van der Waals surface area contributed by atoms with Crippen molar-refractivity contribution >= 4 is 11.9 Å². The molecule has 0 atom stereocenters. The summed E-state index contributed by atoms with van der Waals surface area (Å²) in [6, 6.07) is 14.7. The van der Waals surface area contributed by atoms with E-state index in [1.807, 2.05) is 24.3 Å². The molecule has 1 N–H and O–H groups in total. The zero-order valence-electron chi connectivity index (χ0n) is 15.8. The zero-order chi connectivity index (χ0) is 19.8. The fourth-order valence-electron chi connectivity index (χ4n) is 2.40. The molecule has 6 heteroatoms. The number of carboxylic acid groups (broad SMARTS) is 1. The zero-order valence-corrected chi connectivity index (χ0v) is 15.8. The van der Waals surface area contributed by atoms with E-state index in [1.165, 1.54) is 5.56 Å². The number of amides is 1. The number of carbonyl (C=O) groups excluding carboxylic acids is 1. The standard InChI is InChI=1S/C21H25NO5/c1-15(2)17-6-10-19(11-7-17)26-13-20(23)22(3)12-16-4-8-18(9-5-16)27-14-21(24)25/h4-11,15H,12-14H2,1-3H3,(H,24,25). The number of rotatable bonds is 9. The van der Waals surface area contributed by atoms with Gasteiger partial charge in [0.2, 0.25) is 0 Å². The number of nitrogens with zero attached hydrogens (tertiary/aromatic N) is 1. The highest BCUT2D eigenvalue weighted by molar-refractivity contribution is 5.77. The molecule has 144 valence electrons. The molecule has 0 aliphatic heterocycles. The predicted molar refractivity (Wildman–Crippen MR) is 102 cm³/mol. The van der Waals surface area contributed by atoms with Crippen molar-refractivity contribution in [2.75, 3.05) is 20.3 Å². The Kier molecular flexibility index (Phi) is 7.23. The van der Waals surface area contributed by atoms with Crippen molar-refractivity contribution in [3.8, 4) is 11.5 Å². The number of hydrogen-bond acceptors (Lipinski definition) is 4. The maximum Gasteiger partial charge on any atom is 0.341 e. The molecule has 0 unspecified atom stereocenters. The van der Waals surface area contributed by atoms with Crippen molar-refractivity contribution in [1.82, 2.24) is 4.90 Å². The minimum Gasteiger partial charge on any atom is -0.484 e. The van der Waals surface area contributed by atoms with Gasteiger partial charge in [-0.1, -0.05) is 38.1 Å². The first-order valence-corrected chi connectivity index (χ1v) is 8.75. The summed E-state index contributed by atoms with van der Waals surface area (Å²) in [5, 5.41) is 8.60. The van der Waals surface area contributed by atoms with Crippen molar-refractivity contribution in [3.05, 3.63) is 59.7 Å². The van der Waals surface area contributed by atoms with Crippen molar-refractivity contribution in [3.63, 3.8) is 0 Å². The Balaban J connectivity index is 1.81. The summed E-state index contributed by atoms with van der Waals surface area (Å²) >= 11 is 0. The summed E-state index contributed by atoms with van der Waals surface area (Å²) in [6.45, 7) is 4.26. The van der Waals surface area contributed by atoms with Crippen LogP contribution in [0.2, 0.25) is 0 Å². The number of aliphatic carboxylic acids is 1. The van der Waals surface area contributed by atoms with E-state index >= 15 is 0 Å². The smallest absolute Gasteiger partial charge is 0.341 e. The molecule has 1 amide bonds. The number of benzene rings is 2. The van der Waals surface area contributed by atoms with Crippen LogP contribution < -0.4 is 9.47 Å². The van der Waals surface area contributed by atoms with Gasteiger partial charge in [-0.2, -0.15) is 0 Å². The Morgan fingerprint density at radius 2 is 1.44 bits per heavy atom. The lowest BCUT2D eigenvalue weighted by atomic mass is 10.0. The first kappa shape index (κ1) is 20.3. The Morgan fingerprint density at radius 1 is 0.926 bits per heavy atom. The molecule has 0 aliphatic rings. The number of carbonyl (C=O) groups is 2. The average Bonchev–Trinajstić information content (AvgIpc) is 2.65. The number of carboxylic acids is 1. The van der Waals surface area contributed by atoms with Crippen LogP contribution in [0, 0.1) is 0 Å². The van der Waals surface area contributed by atoms with Gasteiger partial charge in [-0.3, -0.25) is 4.79 Å². The van der Waals surface area contributed by atoms with Crippen LogP contribution in [0.15, 0.2) is 48.5 Å². The molecule has 2 aromatic carbocycles. The second-order valence-corrected chi connectivity index (χ2v) is 6.59. The van der Waals surface area contributed by atoms with Gasteiger partial charge in [0, 0.05) is 13.6 Å². The van der Waals surface area contributed by atoms with Gasteiger partial charge in [0.25, 0.3) is 5.91 Å². The van der Waals surface area contributed by atoms with E-state index in [0.29, 0.717) is 24.0 Å². The Labute approximate surface area is 159 Å². The normalized spacial score (nSPS) is 10.5. The van der Waals surface area contributed by atoms with E-state index in [0.717, 1.165) is 5.56 Å². The molecular formula is C21H25NO5. The third-order valence-corrected chi connectivity index (χ3v) is 4.04. The van der Waals surface area contributed by atoms with Crippen LogP contribution in [0.1, 0.15) is 30.9 Å². The fraction of sp³-hybridized carbons (Fsp3) is 0.333. The SMILES string of the molecule is CC(C)c1ccc(OCC(=O)N(C)Cc2ccc(OCC(=O)O)cc2)cc1. The van der Waals surface area contributed by atoms with E-state index in [-0.39, 0.29) is 19.1 Å². The molecule has 27 heavy (non-hydrogen) atoms. The van der Waals surface area contributed by atoms with Crippen LogP contribution >= 0.6 is 0 Å². The molecule has 0 bridgehead atoms. The average molecular weight is 371 g/mol. The van der Waals surface area contributed by atoms with Gasteiger partial charge >= 0.3 is 5.97 Å². The first-order valence-electron chi connectivity index (χ1n) is 8.75. The molecule has 0 saturated carbocycles. The highest BCUT2D eigenvalue weighted by Gasteiger charge is 2.11. The van der Waals surface area contributed by atoms with Gasteiger partial charge in [-0.15, -0.1) is 0 Å². The van der Waals surface area contributed by atoms with E-state index < -0.39 is 5.97 Å². The summed E-state index contributed by atoms with van der Waals surface area (Å²) in [4.78, 5) is 24.3. The highest BCUT2D eigenvalue weighted by Crippen LogP contribution is 2.19. The lowest BCUT2D eigenvalue weighted by Gasteiger charge is -2.18. The molecular weight excluding hydrogens is 346 g/mol. The molecule has 0 aliphatic carbocycles. The van der Waals surface area contributed by atoms with E-state index in [2.05, 4.69) is 13.8 Å². The van der Waals surface area contributed by atoms with Crippen molar-refractivity contribution in [2.45, 2.75) is 26.3 Å². The molecule has 6 nitrogen and oxygen atoms in total. The van der Waals surface area contributed by atoms with E-state index in [1.54, 1.807) is 36.2 Å². The molecule has 0 fully saturated rings. The van der Waals surface area contributed by atoms with Crippen LogP contribution in [0.4, 0.5) is 0 Å². The third kappa shape index (κ3) is 6.66. The Bertz CT molecular complexity index is 753. The van der Waals surface area contributed by atoms with Crippen molar-refractivity contribution in [2.24, 2.45) is 0 Å². The van der Waals surface area contributed by atoms with Crippen molar-refractivity contribution in [1.29, 1.82) is 0 Å². The summed E-state index contributed by atoms with van der Waals surface area (Å²) in [5.74, 6) is 0.439. The topological polar surface area (TPSA) is 76.1 Å². The van der Waals surface area contributed by atoms with Crippen LogP contribution in [0.5, 0.6) is 11.5 Å². The second kappa shape index (κ2) is 9.62. The lowest BCUT2D eigenvalue weighted by Crippen LogP contribution is -2.30. The van der Waals surface area contributed by atoms with E-state index in [4.69, 9.17) is 14.6 Å². The number of likely N-dealkylation sites (N-methyl/N-ethyl adjacent to an activating group) is 1. The summed E-state index contributed by atoms with van der Waals surface area (Å²) in [7, 11) is 1.71. The molecule has 0 spiro atoms. The lowest BCUT2D eigenvalue weighted by molar-refractivity contribution is -0.139. The predicted octanol–water partition coefficient (Wildman–Crippen LogP) is 3.31. The maximum atomic E-state index is 12.3. The Hall–Kier alpha value is -3.02. The molecule has 0 aromatic heterocycles. The van der Waals surface area contributed by atoms with Crippen LogP contribution in [0.3, 0.4) is 0 Å². The second-order valence-electron chi connectivity index (χ2n) is 6.59. The van der Waals surface area contributed by atoms with Gasteiger partial charge in [-0.25, -0.2) is 4.79 Å². The van der Waals surface area contributed by atoms with Crippen LogP contribution in [0.25, 0.3) is 0 Å². The molecule has 2 rings (SSSR count). The largest absolute Gasteiger partial charge is 0.484 e. The van der Waals surface area contributed by atoms with E-state index in [9.17, 15) is 9.59 Å². The third-order valence-electron chi connectivity index (χ3n) is 4.04. The van der Waals surface area contributed by atoms with Gasteiger partial charge < -0.3 is 19.5 Å². The summed E-state index contributed by atoms with van der Waals surface area (Å²) in [5.41, 5.74) is 2.14. The molecule has 0 saturated heterocycles. The Morgan fingerprint density at radius 3 is 1.96 bits per heavy atom. The minimum atomic E-state index is -1.02. The van der Waals surface area contributed by atoms with Crippen LogP contribution in [-0.2, 0) is 16.1 Å². The molecule has 2 aromatic rings. The highest BCUT2D eigenvalue weighted by atomic mass is 16.5. The fourth-order valence-corrected chi connectivity index (χ4v) is 2.40. The van der Waals surface area contributed by atoms with Gasteiger partial charge in [0.1, 0.15) is 11.5 Å². The monoisotopic (exact) mass is 371 g/mol. The maximum absolute atomic E-state index is 12.3. The quantitative estimate of drug-likeness (QED) is 0.732.